The van der Waals surface area contributed by atoms with Gasteiger partial charge in [0, 0.05) is 25.1 Å². The fourth-order valence-electron chi connectivity index (χ4n) is 4.12. The summed E-state index contributed by atoms with van der Waals surface area (Å²) >= 11 is 0. The molecule has 0 bridgehead atoms. The van der Waals surface area contributed by atoms with E-state index in [1.807, 2.05) is 0 Å². The van der Waals surface area contributed by atoms with Crippen molar-refractivity contribution in [3.8, 4) is 0 Å². The molecule has 1 N–H and O–H groups in total. The van der Waals surface area contributed by atoms with Crippen LogP contribution in [0.1, 0.15) is 59.3 Å². The number of likely N-dealkylation sites (tertiary alicyclic amines) is 1. The van der Waals surface area contributed by atoms with Crippen LogP contribution >= 0.6 is 0 Å². The summed E-state index contributed by atoms with van der Waals surface area (Å²) in [6, 6.07) is 0. The highest BCUT2D eigenvalue weighted by Gasteiger charge is 2.39. The Morgan fingerprint density at radius 3 is 2.24 bits per heavy atom. The predicted octanol–water partition coefficient (Wildman–Crippen LogP) is 3.29. The number of hydrogen-bond acceptors (Lipinski definition) is 3. The van der Waals surface area contributed by atoms with E-state index in [0.29, 0.717) is 10.8 Å². The van der Waals surface area contributed by atoms with Crippen molar-refractivity contribution in [3.63, 3.8) is 0 Å². The van der Waals surface area contributed by atoms with Crippen LogP contribution in [0.2, 0.25) is 0 Å². The van der Waals surface area contributed by atoms with E-state index in [4.69, 9.17) is 4.74 Å². The van der Waals surface area contributed by atoms with Gasteiger partial charge in [0.1, 0.15) is 0 Å². The minimum absolute atomic E-state index is 0.369. The van der Waals surface area contributed by atoms with Crippen molar-refractivity contribution in [1.29, 1.82) is 0 Å². The van der Waals surface area contributed by atoms with Crippen LogP contribution in [0.15, 0.2) is 0 Å². The van der Waals surface area contributed by atoms with Crippen LogP contribution in [0.25, 0.3) is 0 Å². The topological polar surface area (TPSA) is 24.5 Å². The molecule has 1 unspecified atom stereocenters. The van der Waals surface area contributed by atoms with Gasteiger partial charge in [0.25, 0.3) is 0 Å². The minimum atomic E-state index is 0.369. The van der Waals surface area contributed by atoms with Gasteiger partial charge in [-0.05, 0) is 50.7 Å². The fourth-order valence-corrected chi connectivity index (χ4v) is 4.12. The molecule has 124 valence electrons. The molecule has 3 nitrogen and oxygen atoms in total. The molecule has 0 saturated carbocycles. The Labute approximate surface area is 131 Å². The van der Waals surface area contributed by atoms with Gasteiger partial charge in [0.15, 0.2) is 0 Å². The molecular formula is C18H36N2O. The van der Waals surface area contributed by atoms with Gasteiger partial charge in [0.2, 0.25) is 0 Å². The Kier molecular flexibility index (Phi) is 6.51. The van der Waals surface area contributed by atoms with E-state index in [9.17, 15) is 0 Å². The lowest BCUT2D eigenvalue weighted by Gasteiger charge is -2.44. The fraction of sp³-hybridized carbons (Fsp3) is 1.00. The molecule has 2 heterocycles. The average molecular weight is 296 g/mol. The van der Waals surface area contributed by atoms with Crippen molar-refractivity contribution >= 4 is 0 Å². The molecule has 2 aliphatic rings. The van der Waals surface area contributed by atoms with Crippen molar-refractivity contribution in [3.05, 3.63) is 0 Å². The van der Waals surface area contributed by atoms with Gasteiger partial charge in [-0.2, -0.15) is 0 Å². The van der Waals surface area contributed by atoms with Crippen LogP contribution in [0.5, 0.6) is 0 Å². The Morgan fingerprint density at radius 2 is 1.71 bits per heavy atom. The highest BCUT2D eigenvalue weighted by molar-refractivity contribution is 4.91. The minimum Gasteiger partial charge on any atom is -0.381 e. The molecule has 2 saturated heterocycles. The number of piperidine rings is 1. The second kappa shape index (κ2) is 7.94. The summed E-state index contributed by atoms with van der Waals surface area (Å²) in [5, 5.41) is 3.64. The first-order valence-corrected chi connectivity index (χ1v) is 9.18. The summed E-state index contributed by atoms with van der Waals surface area (Å²) < 4.78 is 5.75. The molecule has 2 fully saturated rings. The number of rotatable bonds is 8. The zero-order chi connectivity index (χ0) is 15.2. The molecule has 21 heavy (non-hydrogen) atoms. The zero-order valence-corrected chi connectivity index (χ0v) is 14.5. The molecule has 0 aromatic carbocycles. The third-order valence-corrected chi connectivity index (χ3v) is 6.09. The molecule has 2 aliphatic heterocycles. The lowest BCUT2D eigenvalue weighted by Crippen LogP contribution is -2.48. The van der Waals surface area contributed by atoms with Crippen LogP contribution in [0.3, 0.4) is 0 Å². The van der Waals surface area contributed by atoms with E-state index in [-0.39, 0.29) is 0 Å². The molecule has 0 aromatic heterocycles. The quantitative estimate of drug-likeness (QED) is 0.696. The molecular weight excluding hydrogens is 260 g/mol. The Hall–Kier alpha value is -0.120. The maximum atomic E-state index is 5.75. The van der Waals surface area contributed by atoms with Gasteiger partial charge < -0.3 is 15.0 Å². The molecule has 0 aromatic rings. The van der Waals surface area contributed by atoms with Gasteiger partial charge in [-0.15, -0.1) is 0 Å². The van der Waals surface area contributed by atoms with Gasteiger partial charge in [-0.25, -0.2) is 0 Å². The summed E-state index contributed by atoms with van der Waals surface area (Å²) in [6.45, 7) is 15.0. The van der Waals surface area contributed by atoms with E-state index in [1.165, 1.54) is 58.2 Å². The average Bonchev–Trinajstić information content (AvgIpc) is 2.97. The molecule has 0 radical (unpaired) electrons. The third kappa shape index (κ3) is 4.43. The Balaban J connectivity index is 1.84. The number of nitrogens with zero attached hydrogens (tertiary/aromatic N) is 1. The van der Waals surface area contributed by atoms with Gasteiger partial charge in [0.05, 0.1) is 6.61 Å². The van der Waals surface area contributed by atoms with Gasteiger partial charge in [-0.3, -0.25) is 0 Å². The van der Waals surface area contributed by atoms with Gasteiger partial charge >= 0.3 is 0 Å². The summed E-state index contributed by atoms with van der Waals surface area (Å²) in [6.07, 6.45) is 7.93. The highest BCUT2D eigenvalue weighted by Crippen LogP contribution is 2.39. The molecule has 1 atom stereocenters. The zero-order valence-electron chi connectivity index (χ0n) is 14.5. The van der Waals surface area contributed by atoms with Crippen LogP contribution in [-0.2, 0) is 4.74 Å². The molecule has 0 amide bonds. The standard InChI is InChI=1S/C18H36N2O/c1-4-10-19-14-18(9-13-21-16-18)15-20-11-7-17(5-2,6-3)8-12-20/h19H,4-16H2,1-3H3. The molecule has 0 aliphatic carbocycles. The SMILES string of the molecule is CCCNCC1(CN2CCC(CC)(CC)CC2)CCOC1. The smallest absolute Gasteiger partial charge is 0.0547 e. The van der Waals surface area contributed by atoms with Crippen molar-refractivity contribution < 1.29 is 4.74 Å². The monoisotopic (exact) mass is 296 g/mol. The van der Waals surface area contributed by atoms with Crippen LogP contribution in [-0.4, -0.2) is 50.8 Å². The van der Waals surface area contributed by atoms with E-state index in [0.717, 1.165) is 26.3 Å². The van der Waals surface area contributed by atoms with Gasteiger partial charge in [-0.1, -0.05) is 33.6 Å². The van der Waals surface area contributed by atoms with E-state index < -0.39 is 0 Å². The number of nitrogens with one attached hydrogen (secondary N) is 1. The summed E-state index contributed by atoms with van der Waals surface area (Å²) in [5.41, 5.74) is 1.00. The second-order valence-corrected chi connectivity index (χ2v) is 7.46. The largest absolute Gasteiger partial charge is 0.381 e. The maximum absolute atomic E-state index is 5.75. The Morgan fingerprint density at radius 1 is 1.00 bits per heavy atom. The third-order valence-electron chi connectivity index (χ3n) is 6.09. The lowest BCUT2D eigenvalue weighted by molar-refractivity contribution is 0.0521. The normalized spacial score (nSPS) is 29.9. The molecule has 3 heteroatoms. The summed E-state index contributed by atoms with van der Waals surface area (Å²) in [4.78, 5) is 2.71. The Bertz CT molecular complexity index is 286. The first kappa shape index (κ1) is 17.2. The van der Waals surface area contributed by atoms with Crippen LogP contribution in [0, 0.1) is 10.8 Å². The van der Waals surface area contributed by atoms with Crippen molar-refractivity contribution in [2.24, 2.45) is 10.8 Å². The summed E-state index contributed by atoms with van der Waals surface area (Å²) in [5.74, 6) is 0. The lowest BCUT2D eigenvalue weighted by atomic mass is 9.73. The number of ether oxygens (including phenoxy) is 1. The van der Waals surface area contributed by atoms with E-state index >= 15 is 0 Å². The molecule has 2 rings (SSSR count). The van der Waals surface area contributed by atoms with E-state index in [2.05, 4.69) is 31.0 Å². The van der Waals surface area contributed by atoms with Crippen molar-refractivity contribution in [1.82, 2.24) is 10.2 Å². The molecule has 0 spiro atoms. The van der Waals surface area contributed by atoms with Crippen molar-refractivity contribution in [2.45, 2.75) is 59.3 Å². The first-order valence-electron chi connectivity index (χ1n) is 9.18. The van der Waals surface area contributed by atoms with E-state index in [1.54, 1.807) is 0 Å². The van der Waals surface area contributed by atoms with Crippen LogP contribution < -0.4 is 5.32 Å². The number of hydrogen-bond donors (Lipinski definition) is 1. The second-order valence-electron chi connectivity index (χ2n) is 7.46. The van der Waals surface area contributed by atoms with Crippen molar-refractivity contribution in [2.75, 3.05) is 45.9 Å². The first-order chi connectivity index (χ1) is 10.2. The summed E-state index contributed by atoms with van der Waals surface area (Å²) in [7, 11) is 0. The predicted molar refractivity (Wildman–Crippen MR) is 89.7 cm³/mol. The highest BCUT2D eigenvalue weighted by atomic mass is 16.5. The maximum Gasteiger partial charge on any atom is 0.0547 e. The van der Waals surface area contributed by atoms with Crippen LogP contribution in [0.4, 0.5) is 0 Å².